The Morgan fingerprint density at radius 1 is 0.821 bits per heavy atom. The average molecular weight is 562 g/mol. The number of carbonyl (C=O) groups excluding carboxylic acids is 1. The molecular formula is C31H25Cl2NO5. The Morgan fingerprint density at radius 3 is 2.00 bits per heavy atom. The van der Waals surface area contributed by atoms with Crippen molar-refractivity contribution >= 4 is 35.3 Å². The van der Waals surface area contributed by atoms with Crippen molar-refractivity contribution in [1.82, 2.24) is 5.32 Å². The summed E-state index contributed by atoms with van der Waals surface area (Å²) in [5.41, 5.74) is 5.80. The topological polar surface area (TPSA) is 84.9 Å². The second kappa shape index (κ2) is 11.8. The van der Waals surface area contributed by atoms with Gasteiger partial charge < -0.3 is 19.9 Å². The lowest BCUT2D eigenvalue weighted by atomic mass is 9.98. The first-order valence-electron chi connectivity index (χ1n) is 12.4. The van der Waals surface area contributed by atoms with Crippen molar-refractivity contribution in [3.63, 3.8) is 0 Å². The van der Waals surface area contributed by atoms with Gasteiger partial charge in [-0.2, -0.15) is 0 Å². The molecule has 1 aliphatic rings. The van der Waals surface area contributed by atoms with Gasteiger partial charge in [0.1, 0.15) is 25.0 Å². The molecule has 5 rings (SSSR count). The summed E-state index contributed by atoms with van der Waals surface area (Å²) in [6, 6.07) is 27.1. The summed E-state index contributed by atoms with van der Waals surface area (Å²) in [6.45, 7) is 0.298. The average Bonchev–Trinajstić information content (AvgIpc) is 3.25. The number of carbonyl (C=O) groups is 2. The summed E-state index contributed by atoms with van der Waals surface area (Å²) in [4.78, 5) is 24.5. The number of benzene rings is 4. The smallest absolute Gasteiger partial charge is 0.407 e. The third-order valence-corrected chi connectivity index (χ3v) is 7.45. The van der Waals surface area contributed by atoms with Crippen molar-refractivity contribution in [2.45, 2.75) is 25.0 Å². The Kier molecular flexibility index (Phi) is 8.05. The zero-order valence-electron chi connectivity index (χ0n) is 20.8. The summed E-state index contributed by atoms with van der Waals surface area (Å²) in [5.74, 6) is -0.692. The van der Waals surface area contributed by atoms with Crippen molar-refractivity contribution in [3.8, 4) is 16.9 Å². The molecule has 0 bridgehead atoms. The van der Waals surface area contributed by atoms with Crippen molar-refractivity contribution in [2.24, 2.45) is 0 Å². The zero-order valence-corrected chi connectivity index (χ0v) is 22.3. The molecule has 198 valence electrons. The second-order valence-electron chi connectivity index (χ2n) is 9.20. The van der Waals surface area contributed by atoms with Crippen LogP contribution in [0.25, 0.3) is 11.1 Å². The number of fused-ring (bicyclic) bond motifs is 3. The van der Waals surface area contributed by atoms with E-state index in [2.05, 4.69) is 17.4 Å². The monoisotopic (exact) mass is 561 g/mol. The third kappa shape index (κ3) is 6.03. The van der Waals surface area contributed by atoms with E-state index in [4.69, 9.17) is 32.7 Å². The largest absolute Gasteiger partial charge is 0.489 e. The molecule has 4 aromatic rings. The summed E-state index contributed by atoms with van der Waals surface area (Å²) >= 11 is 12.4. The van der Waals surface area contributed by atoms with Gasteiger partial charge in [-0.3, -0.25) is 0 Å². The van der Waals surface area contributed by atoms with E-state index in [1.54, 1.807) is 42.5 Å². The molecule has 0 saturated carbocycles. The van der Waals surface area contributed by atoms with E-state index >= 15 is 0 Å². The standard InChI is InChI=1S/C31H25Cl2NO5/c32-27-10-5-11-28(33)26(27)18-38-20-14-12-19(13-15-20)16-29(30(35)36)34-31(37)39-17-25-23-8-3-1-6-21(23)22-7-2-4-9-24(22)25/h1-15,25,29H,16-18H2,(H,34,37)(H,35,36). The summed E-state index contributed by atoms with van der Waals surface area (Å²) in [6.07, 6.45) is -0.697. The van der Waals surface area contributed by atoms with Crippen LogP contribution in [-0.2, 0) is 22.6 Å². The molecule has 6 nitrogen and oxygen atoms in total. The van der Waals surface area contributed by atoms with Gasteiger partial charge in [-0.1, -0.05) is 89.9 Å². The number of hydrogen-bond donors (Lipinski definition) is 2. The Morgan fingerprint density at radius 2 is 1.41 bits per heavy atom. The number of carboxylic acid groups (broad SMARTS) is 1. The van der Waals surface area contributed by atoms with Gasteiger partial charge in [-0.05, 0) is 52.1 Å². The maximum Gasteiger partial charge on any atom is 0.407 e. The maximum absolute atomic E-state index is 12.6. The Hall–Kier alpha value is -4.00. The minimum atomic E-state index is -1.16. The lowest BCUT2D eigenvalue weighted by Gasteiger charge is -2.18. The van der Waals surface area contributed by atoms with Gasteiger partial charge in [0, 0.05) is 27.9 Å². The number of aliphatic carboxylic acids is 1. The molecule has 0 saturated heterocycles. The molecule has 39 heavy (non-hydrogen) atoms. The third-order valence-electron chi connectivity index (χ3n) is 6.74. The zero-order chi connectivity index (χ0) is 27.4. The first kappa shape index (κ1) is 26.6. The number of halogens is 2. The van der Waals surface area contributed by atoms with Gasteiger partial charge >= 0.3 is 12.1 Å². The minimum Gasteiger partial charge on any atom is -0.489 e. The fourth-order valence-electron chi connectivity index (χ4n) is 4.77. The van der Waals surface area contributed by atoms with Crippen LogP contribution in [0.2, 0.25) is 10.0 Å². The highest BCUT2D eigenvalue weighted by molar-refractivity contribution is 6.35. The summed E-state index contributed by atoms with van der Waals surface area (Å²) in [5, 5.41) is 13.2. The summed E-state index contributed by atoms with van der Waals surface area (Å²) in [7, 11) is 0. The van der Waals surface area contributed by atoms with E-state index in [-0.39, 0.29) is 25.6 Å². The van der Waals surface area contributed by atoms with Gasteiger partial charge in [0.2, 0.25) is 0 Å². The van der Waals surface area contributed by atoms with Crippen LogP contribution < -0.4 is 10.1 Å². The molecule has 1 amide bonds. The van der Waals surface area contributed by atoms with E-state index in [1.165, 1.54) is 0 Å². The predicted molar refractivity (Wildman–Crippen MR) is 151 cm³/mol. The van der Waals surface area contributed by atoms with Crippen molar-refractivity contribution < 1.29 is 24.2 Å². The van der Waals surface area contributed by atoms with Gasteiger partial charge in [-0.25, -0.2) is 9.59 Å². The molecule has 0 spiro atoms. The summed E-state index contributed by atoms with van der Waals surface area (Å²) < 4.78 is 11.3. The first-order valence-corrected chi connectivity index (χ1v) is 13.1. The first-order chi connectivity index (χ1) is 18.9. The lowest BCUT2D eigenvalue weighted by Crippen LogP contribution is -2.42. The van der Waals surface area contributed by atoms with Gasteiger partial charge in [-0.15, -0.1) is 0 Å². The van der Waals surface area contributed by atoms with Crippen LogP contribution in [-0.4, -0.2) is 29.8 Å². The fraction of sp³-hybridized carbons (Fsp3) is 0.161. The van der Waals surface area contributed by atoms with Crippen molar-refractivity contribution in [1.29, 1.82) is 0 Å². The SMILES string of the molecule is O=C(NC(Cc1ccc(OCc2c(Cl)cccc2Cl)cc1)C(=O)O)OCC1c2ccccc2-c2ccccc21. The van der Waals surface area contributed by atoms with Crippen LogP contribution >= 0.6 is 23.2 Å². The van der Waals surface area contributed by atoms with E-state index < -0.39 is 18.1 Å². The number of amides is 1. The van der Waals surface area contributed by atoms with Crippen LogP contribution in [0, 0.1) is 0 Å². The van der Waals surface area contributed by atoms with Crippen LogP contribution in [0.5, 0.6) is 5.75 Å². The molecule has 0 fully saturated rings. The molecular weight excluding hydrogens is 537 g/mol. The lowest BCUT2D eigenvalue weighted by molar-refractivity contribution is -0.139. The highest BCUT2D eigenvalue weighted by Gasteiger charge is 2.29. The minimum absolute atomic E-state index is 0.0795. The molecule has 1 unspecified atom stereocenters. The Labute approximate surface area is 236 Å². The number of rotatable bonds is 9. The van der Waals surface area contributed by atoms with Crippen molar-refractivity contribution in [2.75, 3.05) is 6.61 Å². The van der Waals surface area contributed by atoms with E-state index in [0.717, 1.165) is 22.3 Å². The number of hydrogen-bond acceptors (Lipinski definition) is 4. The van der Waals surface area contributed by atoms with Crippen LogP contribution in [0.3, 0.4) is 0 Å². The van der Waals surface area contributed by atoms with Crippen LogP contribution in [0.1, 0.15) is 28.2 Å². The van der Waals surface area contributed by atoms with Crippen LogP contribution in [0.4, 0.5) is 4.79 Å². The number of nitrogens with one attached hydrogen (secondary N) is 1. The molecule has 4 aromatic carbocycles. The molecule has 2 N–H and O–H groups in total. The molecule has 0 heterocycles. The quantitative estimate of drug-likeness (QED) is 0.227. The van der Waals surface area contributed by atoms with Crippen LogP contribution in [0.15, 0.2) is 91.0 Å². The van der Waals surface area contributed by atoms with Gasteiger partial charge in [0.05, 0.1) is 0 Å². The number of alkyl carbamates (subject to hydrolysis) is 1. The van der Waals surface area contributed by atoms with E-state index in [0.29, 0.717) is 26.9 Å². The highest BCUT2D eigenvalue weighted by atomic mass is 35.5. The molecule has 1 atom stereocenters. The fourth-order valence-corrected chi connectivity index (χ4v) is 5.27. The van der Waals surface area contributed by atoms with Gasteiger partial charge in [0.15, 0.2) is 0 Å². The molecule has 8 heteroatoms. The second-order valence-corrected chi connectivity index (χ2v) is 10.0. The Bertz CT molecular complexity index is 1440. The normalized spacial score (nSPS) is 12.8. The van der Waals surface area contributed by atoms with Crippen molar-refractivity contribution in [3.05, 3.63) is 123 Å². The number of carboxylic acids is 1. The predicted octanol–water partition coefficient (Wildman–Crippen LogP) is 7.11. The molecule has 0 aliphatic heterocycles. The van der Waals surface area contributed by atoms with E-state index in [1.807, 2.05) is 36.4 Å². The molecule has 1 aliphatic carbocycles. The number of ether oxygens (including phenoxy) is 2. The molecule has 0 radical (unpaired) electrons. The van der Waals surface area contributed by atoms with Gasteiger partial charge in [0.25, 0.3) is 0 Å². The Balaban J connectivity index is 1.17. The maximum atomic E-state index is 12.6. The highest BCUT2D eigenvalue weighted by Crippen LogP contribution is 2.44. The van der Waals surface area contributed by atoms with E-state index in [9.17, 15) is 14.7 Å². The molecule has 0 aromatic heterocycles.